The second kappa shape index (κ2) is 7.64. The zero-order chi connectivity index (χ0) is 19.5. The van der Waals surface area contributed by atoms with Crippen molar-refractivity contribution >= 4 is 11.6 Å². The van der Waals surface area contributed by atoms with Crippen LogP contribution in [0.2, 0.25) is 0 Å². The van der Waals surface area contributed by atoms with E-state index in [1.54, 1.807) is 47.6 Å². The van der Waals surface area contributed by atoms with Crippen LogP contribution in [0, 0.1) is 0 Å². The molecule has 0 radical (unpaired) electrons. The molecule has 2 aromatic carbocycles. The van der Waals surface area contributed by atoms with E-state index < -0.39 is 12.8 Å². The van der Waals surface area contributed by atoms with E-state index in [0.29, 0.717) is 23.4 Å². The smallest absolute Gasteiger partial charge is 0.387 e. The van der Waals surface area contributed by atoms with Crippen LogP contribution >= 0.6 is 0 Å². The van der Waals surface area contributed by atoms with Crippen molar-refractivity contribution in [2.75, 3.05) is 5.32 Å². The Morgan fingerprint density at radius 1 is 1.11 bits per heavy atom. The van der Waals surface area contributed by atoms with Gasteiger partial charge in [-0.1, -0.05) is 30.3 Å². The average molecular weight is 381 g/mol. The third kappa shape index (κ3) is 3.64. The first-order valence-electron chi connectivity index (χ1n) is 8.72. The number of benzene rings is 2. The largest absolute Gasteiger partial charge is 0.435 e. The van der Waals surface area contributed by atoms with E-state index in [4.69, 9.17) is 0 Å². The van der Waals surface area contributed by atoms with Gasteiger partial charge < -0.3 is 15.0 Å². The minimum atomic E-state index is -2.91. The van der Waals surface area contributed by atoms with Crippen molar-refractivity contribution < 1.29 is 18.3 Å². The van der Waals surface area contributed by atoms with Gasteiger partial charge in [0.15, 0.2) is 0 Å². The van der Waals surface area contributed by atoms with Crippen molar-refractivity contribution in [3.8, 4) is 5.75 Å². The summed E-state index contributed by atoms with van der Waals surface area (Å²) in [6, 6.07) is 17.3. The van der Waals surface area contributed by atoms with Crippen molar-refractivity contribution in [1.29, 1.82) is 0 Å². The Bertz CT molecular complexity index is 982. The standard InChI is InChI=1S/C21H17F2N3O2/c22-21(23)28-16-7-3-6-15(11-16)19-25-18-9-2-1-8-17(18)20(27)26(19)13-14-5-4-10-24-12-14/h1-12,19,21,25H,13H2/t19-/m1/s1. The van der Waals surface area contributed by atoms with Crippen molar-refractivity contribution in [2.45, 2.75) is 19.3 Å². The molecule has 0 saturated heterocycles. The van der Waals surface area contributed by atoms with Crippen LogP contribution in [0.15, 0.2) is 73.1 Å². The lowest BCUT2D eigenvalue weighted by Crippen LogP contribution is -2.42. The van der Waals surface area contributed by atoms with E-state index in [-0.39, 0.29) is 11.7 Å². The number of alkyl halides is 2. The van der Waals surface area contributed by atoms with E-state index in [0.717, 1.165) is 5.56 Å². The van der Waals surface area contributed by atoms with Crippen LogP contribution in [0.25, 0.3) is 0 Å². The zero-order valence-electron chi connectivity index (χ0n) is 14.8. The van der Waals surface area contributed by atoms with E-state index in [9.17, 15) is 13.6 Å². The summed E-state index contributed by atoms with van der Waals surface area (Å²) in [7, 11) is 0. The summed E-state index contributed by atoms with van der Waals surface area (Å²) in [4.78, 5) is 18.9. The van der Waals surface area contributed by atoms with Gasteiger partial charge in [0.2, 0.25) is 0 Å². The van der Waals surface area contributed by atoms with Crippen molar-refractivity contribution in [3.05, 3.63) is 89.7 Å². The molecule has 0 unspecified atom stereocenters. The molecular formula is C21H17F2N3O2. The summed E-state index contributed by atoms with van der Waals surface area (Å²) < 4.78 is 29.7. The lowest BCUT2D eigenvalue weighted by atomic mass is 10.0. The zero-order valence-corrected chi connectivity index (χ0v) is 14.8. The molecule has 2 heterocycles. The molecule has 0 saturated carbocycles. The Hall–Kier alpha value is -3.48. The highest BCUT2D eigenvalue weighted by atomic mass is 19.3. The third-order valence-electron chi connectivity index (χ3n) is 4.50. The molecule has 3 aromatic rings. The molecule has 5 nitrogen and oxygen atoms in total. The number of hydrogen-bond donors (Lipinski definition) is 1. The topological polar surface area (TPSA) is 54.5 Å². The Morgan fingerprint density at radius 3 is 2.75 bits per heavy atom. The molecule has 0 aliphatic carbocycles. The Balaban J connectivity index is 1.73. The van der Waals surface area contributed by atoms with Gasteiger partial charge in [-0.2, -0.15) is 8.78 Å². The maximum Gasteiger partial charge on any atom is 0.387 e. The van der Waals surface area contributed by atoms with Crippen LogP contribution in [0.1, 0.15) is 27.7 Å². The Kier molecular flexibility index (Phi) is 4.89. The molecule has 1 aliphatic heterocycles. The van der Waals surface area contributed by atoms with E-state index in [1.807, 2.05) is 18.2 Å². The highest BCUT2D eigenvalue weighted by molar-refractivity contribution is 6.01. The van der Waals surface area contributed by atoms with Crippen LogP contribution in [-0.4, -0.2) is 22.4 Å². The van der Waals surface area contributed by atoms with Crippen LogP contribution in [0.4, 0.5) is 14.5 Å². The fourth-order valence-corrected chi connectivity index (χ4v) is 3.27. The SMILES string of the molecule is O=C1c2ccccc2N[C@@H](c2cccc(OC(F)F)c2)N1Cc1cccnc1. The fraction of sp³-hybridized carbons (Fsp3) is 0.143. The molecule has 0 spiro atoms. The van der Waals surface area contributed by atoms with Gasteiger partial charge in [0.05, 0.1) is 5.56 Å². The predicted molar refractivity (Wildman–Crippen MR) is 100.0 cm³/mol. The number of anilines is 1. The highest BCUT2D eigenvalue weighted by Crippen LogP contribution is 2.35. The molecule has 7 heteroatoms. The number of carbonyl (C=O) groups is 1. The van der Waals surface area contributed by atoms with E-state index in [1.165, 1.54) is 12.1 Å². The number of nitrogens with zero attached hydrogens (tertiary/aromatic N) is 2. The summed E-state index contributed by atoms with van der Waals surface area (Å²) in [6.45, 7) is -2.60. The average Bonchev–Trinajstić information content (AvgIpc) is 2.70. The fourth-order valence-electron chi connectivity index (χ4n) is 3.27. The number of para-hydroxylation sites is 1. The Labute approximate surface area is 160 Å². The second-order valence-corrected chi connectivity index (χ2v) is 6.34. The maximum atomic E-state index is 13.2. The number of halogens is 2. The van der Waals surface area contributed by atoms with Gasteiger partial charge in [0.1, 0.15) is 11.9 Å². The molecule has 4 rings (SSSR count). The number of fused-ring (bicyclic) bond motifs is 1. The van der Waals surface area contributed by atoms with Gasteiger partial charge in [0.25, 0.3) is 5.91 Å². The molecule has 1 N–H and O–H groups in total. The van der Waals surface area contributed by atoms with E-state index >= 15 is 0 Å². The lowest BCUT2D eigenvalue weighted by Gasteiger charge is -2.38. The minimum Gasteiger partial charge on any atom is -0.435 e. The van der Waals surface area contributed by atoms with Crippen molar-refractivity contribution in [2.24, 2.45) is 0 Å². The van der Waals surface area contributed by atoms with Gasteiger partial charge in [-0.15, -0.1) is 0 Å². The minimum absolute atomic E-state index is 0.0435. The molecule has 1 aliphatic rings. The molecule has 1 aromatic heterocycles. The molecule has 28 heavy (non-hydrogen) atoms. The monoisotopic (exact) mass is 381 g/mol. The molecule has 0 fully saturated rings. The van der Waals surface area contributed by atoms with Crippen LogP contribution in [-0.2, 0) is 6.54 Å². The van der Waals surface area contributed by atoms with Gasteiger partial charge in [0, 0.05) is 24.6 Å². The van der Waals surface area contributed by atoms with Gasteiger partial charge >= 0.3 is 6.61 Å². The number of amides is 1. The summed E-state index contributed by atoms with van der Waals surface area (Å²) >= 11 is 0. The summed E-state index contributed by atoms with van der Waals surface area (Å²) in [5.41, 5.74) is 2.76. The molecular weight excluding hydrogens is 364 g/mol. The lowest BCUT2D eigenvalue weighted by molar-refractivity contribution is -0.0499. The predicted octanol–water partition coefficient (Wildman–Crippen LogP) is 4.45. The van der Waals surface area contributed by atoms with Crippen LogP contribution < -0.4 is 10.1 Å². The first kappa shape index (κ1) is 17.9. The van der Waals surface area contributed by atoms with Crippen molar-refractivity contribution in [1.82, 2.24) is 9.88 Å². The number of rotatable bonds is 5. The van der Waals surface area contributed by atoms with Crippen LogP contribution in [0.5, 0.6) is 5.75 Å². The Morgan fingerprint density at radius 2 is 1.96 bits per heavy atom. The van der Waals surface area contributed by atoms with E-state index in [2.05, 4.69) is 15.0 Å². The first-order chi connectivity index (χ1) is 13.6. The number of pyridine rings is 1. The summed E-state index contributed by atoms with van der Waals surface area (Å²) in [5, 5.41) is 3.34. The molecule has 1 atom stereocenters. The van der Waals surface area contributed by atoms with Crippen LogP contribution in [0.3, 0.4) is 0 Å². The normalized spacial score (nSPS) is 15.9. The van der Waals surface area contributed by atoms with Gasteiger partial charge in [-0.05, 0) is 41.5 Å². The number of aromatic nitrogens is 1. The number of nitrogens with one attached hydrogen (secondary N) is 1. The molecule has 142 valence electrons. The summed E-state index contributed by atoms with van der Waals surface area (Å²) in [6.07, 6.45) is 2.82. The number of hydrogen-bond acceptors (Lipinski definition) is 4. The third-order valence-corrected chi connectivity index (χ3v) is 4.50. The number of carbonyl (C=O) groups excluding carboxylic acids is 1. The first-order valence-corrected chi connectivity index (χ1v) is 8.72. The maximum absolute atomic E-state index is 13.2. The van der Waals surface area contributed by atoms with Crippen molar-refractivity contribution in [3.63, 3.8) is 0 Å². The quantitative estimate of drug-likeness (QED) is 0.710. The van der Waals surface area contributed by atoms with Gasteiger partial charge in [-0.25, -0.2) is 0 Å². The summed E-state index contributed by atoms with van der Waals surface area (Å²) in [5.74, 6) is -0.106. The number of ether oxygens (including phenoxy) is 1. The highest BCUT2D eigenvalue weighted by Gasteiger charge is 2.33. The van der Waals surface area contributed by atoms with Gasteiger partial charge in [-0.3, -0.25) is 9.78 Å². The second-order valence-electron chi connectivity index (χ2n) is 6.34. The molecule has 1 amide bonds. The molecule has 0 bridgehead atoms.